The van der Waals surface area contributed by atoms with Crippen molar-refractivity contribution in [3.63, 3.8) is 0 Å². The third-order valence-corrected chi connectivity index (χ3v) is 5.22. The van der Waals surface area contributed by atoms with Crippen molar-refractivity contribution in [2.75, 3.05) is 13.1 Å². The number of halogens is 1. The van der Waals surface area contributed by atoms with Crippen LogP contribution in [-0.4, -0.2) is 23.8 Å². The Bertz CT molecular complexity index is 812. The molecule has 2 nitrogen and oxygen atoms in total. The molecule has 0 bridgehead atoms. The van der Waals surface area contributed by atoms with E-state index in [4.69, 9.17) is 0 Å². The average molecular weight is 378 g/mol. The van der Waals surface area contributed by atoms with Crippen LogP contribution in [-0.2, 0) is 11.3 Å². The van der Waals surface area contributed by atoms with Crippen LogP contribution in [0, 0.1) is 5.92 Å². The molecule has 0 N–H and O–H groups in total. The lowest BCUT2D eigenvalue weighted by atomic mass is 9.80. The summed E-state index contributed by atoms with van der Waals surface area (Å²) in [6, 6.07) is 31.3. The highest BCUT2D eigenvalue weighted by molar-refractivity contribution is 5.86. The minimum absolute atomic E-state index is 0. The highest BCUT2D eigenvalue weighted by Crippen LogP contribution is 2.36. The summed E-state index contributed by atoms with van der Waals surface area (Å²) in [7, 11) is 0. The van der Waals surface area contributed by atoms with E-state index in [0.29, 0.717) is 12.3 Å². The SMILES string of the molecule is Cl.O=C1CN(Cc2ccccc2)CC1C(c1ccccc1)c1ccccc1. The number of likely N-dealkylation sites (tertiary alicyclic amines) is 1. The van der Waals surface area contributed by atoms with Gasteiger partial charge in [0.2, 0.25) is 0 Å². The summed E-state index contributed by atoms with van der Waals surface area (Å²) in [6.45, 7) is 2.18. The summed E-state index contributed by atoms with van der Waals surface area (Å²) >= 11 is 0. The molecular weight excluding hydrogens is 354 g/mol. The lowest BCUT2D eigenvalue weighted by Gasteiger charge is -2.24. The summed E-state index contributed by atoms with van der Waals surface area (Å²) in [5.41, 5.74) is 3.70. The van der Waals surface area contributed by atoms with Crippen LogP contribution in [0.15, 0.2) is 91.0 Å². The molecule has 1 fully saturated rings. The Hall–Kier alpha value is -2.42. The van der Waals surface area contributed by atoms with E-state index in [9.17, 15) is 4.79 Å². The van der Waals surface area contributed by atoms with Gasteiger partial charge in [-0.2, -0.15) is 0 Å². The number of benzene rings is 3. The molecule has 1 saturated heterocycles. The van der Waals surface area contributed by atoms with Gasteiger partial charge in [-0.1, -0.05) is 91.0 Å². The van der Waals surface area contributed by atoms with E-state index in [1.165, 1.54) is 16.7 Å². The van der Waals surface area contributed by atoms with Crippen LogP contribution in [0.4, 0.5) is 0 Å². The highest BCUT2D eigenvalue weighted by Gasteiger charge is 2.37. The first-order valence-electron chi connectivity index (χ1n) is 9.20. The zero-order chi connectivity index (χ0) is 17.8. The summed E-state index contributed by atoms with van der Waals surface area (Å²) in [5, 5.41) is 0. The fraction of sp³-hybridized carbons (Fsp3) is 0.208. The number of carbonyl (C=O) groups is 1. The highest BCUT2D eigenvalue weighted by atomic mass is 35.5. The van der Waals surface area contributed by atoms with E-state index in [0.717, 1.165) is 13.1 Å². The molecule has 1 aliphatic heterocycles. The largest absolute Gasteiger partial charge is 0.298 e. The minimum Gasteiger partial charge on any atom is -0.298 e. The molecule has 0 saturated carbocycles. The van der Waals surface area contributed by atoms with Crippen molar-refractivity contribution in [1.29, 1.82) is 0 Å². The third kappa shape index (κ3) is 4.47. The van der Waals surface area contributed by atoms with Crippen molar-refractivity contribution < 1.29 is 4.79 Å². The number of rotatable bonds is 5. The van der Waals surface area contributed by atoms with E-state index < -0.39 is 0 Å². The second-order valence-corrected chi connectivity index (χ2v) is 7.03. The quantitative estimate of drug-likeness (QED) is 0.627. The van der Waals surface area contributed by atoms with Crippen molar-refractivity contribution in [2.45, 2.75) is 12.5 Å². The van der Waals surface area contributed by atoms with Crippen molar-refractivity contribution in [2.24, 2.45) is 5.92 Å². The lowest BCUT2D eigenvalue weighted by molar-refractivity contribution is -0.120. The first-order valence-corrected chi connectivity index (χ1v) is 9.20. The second-order valence-electron chi connectivity index (χ2n) is 7.03. The molecule has 3 heteroatoms. The summed E-state index contributed by atoms with van der Waals surface area (Å²) in [6.07, 6.45) is 0. The molecule has 0 aromatic heterocycles. The monoisotopic (exact) mass is 377 g/mol. The fourth-order valence-corrected chi connectivity index (χ4v) is 4.01. The van der Waals surface area contributed by atoms with Gasteiger partial charge in [-0.3, -0.25) is 9.69 Å². The van der Waals surface area contributed by atoms with E-state index in [-0.39, 0.29) is 24.2 Å². The zero-order valence-electron chi connectivity index (χ0n) is 15.2. The Kier molecular flexibility index (Phi) is 6.44. The normalized spacial score (nSPS) is 17.1. The molecule has 4 rings (SSSR count). The predicted molar refractivity (Wildman–Crippen MR) is 112 cm³/mol. The number of carbonyl (C=O) groups excluding carboxylic acids is 1. The van der Waals surface area contributed by atoms with Gasteiger partial charge >= 0.3 is 0 Å². The maximum atomic E-state index is 12.9. The van der Waals surface area contributed by atoms with Crippen LogP contribution >= 0.6 is 12.4 Å². The molecule has 0 aliphatic carbocycles. The summed E-state index contributed by atoms with van der Waals surface area (Å²) in [4.78, 5) is 15.2. The van der Waals surface area contributed by atoms with Gasteiger partial charge < -0.3 is 0 Å². The zero-order valence-corrected chi connectivity index (χ0v) is 16.0. The predicted octanol–water partition coefficient (Wildman–Crippen LogP) is 4.94. The molecule has 3 aromatic carbocycles. The van der Waals surface area contributed by atoms with Crippen molar-refractivity contribution in [3.8, 4) is 0 Å². The summed E-state index contributed by atoms with van der Waals surface area (Å²) < 4.78 is 0. The molecule has 138 valence electrons. The van der Waals surface area contributed by atoms with Gasteiger partial charge in [0.1, 0.15) is 0 Å². The Balaban J connectivity index is 0.00000210. The smallest absolute Gasteiger partial charge is 0.152 e. The van der Waals surface area contributed by atoms with Crippen molar-refractivity contribution in [1.82, 2.24) is 4.90 Å². The average Bonchev–Trinajstić information content (AvgIpc) is 3.04. The first kappa shape index (κ1) is 19.3. The summed E-state index contributed by atoms with van der Waals surface area (Å²) in [5.74, 6) is 0.466. The van der Waals surface area contributed by atoms with Crippen LogP contribution in [0.1, 0.15) is 22.6 Å². The molecule has 1 aliphatic rings. The lowest BCUT2D eigenvalue weighted by Crippen LogP contribution is -2.23. The molecular formula is C24H24ClNO. The maximum absolute atomic E-state index is 12.9. The van der Waals surface area contributed by atoms with Crippen LogP contribution in [0.25, 0.3) is 0 Å². The van der Waals surface area contributed by atoms with Crippen LogP contribution in [0.5, 0.6) is 0 Å². The molecule has 1 unspecified atom stereocenters. The number of nitrogens with zero attached hydrogens (tertiary/aromatic N) is 1. The molecule has 1 atom stereocenters. The van der Waals surface area contributed by atoms with E-state index in [2.05, 4.69) is 77.7 Å². The van der Waals surface area contributed by atoms with Gasteiger partial charge in [0, 0.05) is 24.9 Å². The Morgan fingerprint density at radius 2 is 1.26 bits per heavy atom. The Labute approximate surface area is 167 Å². The molecule has 0 amide bonds. The van der Waals surface area contributed by atoms with Crippen molar-refractivity contribution in [3.05, 3.63) is 108 Å². The van der Waals surface area contributed by atoms with Gasteiger partial charge in [0.05, 0.1) is 6.54 Å². The number of hydrogen-bond acceptors (Lipinski definition) is 2. The molecule has 27 heavy (non-hydrogen) atoms. The van der Waals surface area contributed by atoms with E-state index in [1.807, 2.05) is 18.2 Å². The minimum atomic E-state index is 0. The van der Waals surface area contributed by atoms with Crippen molar-refractivity contribution >= 4 is 18.2 Å². The van der Waals surface area contributed by atoms with Gasteiger partial charge in [0.15, 0.2) is 5.78 Å². The first-order chi connectivity index (χ1) is 12.8. The molecule has 1 heterocycles. The number of ketones is 1. The van der Waals surface area contributed by atoms with Gasteiger partial charge in [-0.05, 0) is 16.7 Å². The topological polar surface area (TPSA) is 20.3 Å². The molecule has 0 radical (unpaired) electrons. The maximum Gasteiger partial charge on any atom is 0.152 e. The Morgan fingerprint density at radius 3 is 1.78 bits per heavy atom. The van der Waals surface area contributed by atoms with Gasteiger partial charge in [-0.25, -0.2) is 0 Å². The van der Waals surface area contributed by atoms with Gasteiger partial charge in [-0.15, -0.1) is 12.4 Å². The van der Waals surface area contributed by atoms with Crippen LogP contribution in [0.3, 0.4) is 0 Å². The van der Waals surface area contributed by atoms with E-state index in [1.54, 1.807) is 0 Å². The Morgan fingerprint density at radius 1 is 0.778 bits per heavy atom. The second kappa shape index (κ2) is 8.98. The third-order valence-electron chi connectivity index (χ3n) is 5.22. The standard InChI is InChI=1S/C24H23NO.ClH/c26-23-18-25(16-19-10-4-1-5-11-19)17-22(23)24(20-12-6-2-7-13-20)21-14-8-3-9-15-21;/h1-15,22,24H,16-18H2;1H. The van der Waals surface area contributed by atoms with Gasteiger partial charge in [0.25, 0.3) is 0 Å². The molecule has 0 spiro atoms. The van der Waals surface area contributed by atoms with E-state index >= 15 is 0 Å². The van der Waals surface area contributed by atoms with Crippen LogP contribution < -0.4 is 0 Å². The number of Topliss-reactive ketones (excluding diaryl/α,β-unsaturated/α-hetero) is 1. The fourth-order valence-electron chi connectivity index (χ4n) is 4.01. The van der Waals surface area contributed by atoms with Crippen LogP contribution in [0.2, 0.25) is 0 Å². The molecule has 3 aromatic rings. The number of hydrogen-bond donors (Lipinski definition) is 0.